The number of aromatic nitrogens is 1. The fourth-order valence-electron chi connectivity index (χ4n) is 2.59. The van der Waals surface area contributed by atoms with Crippen LogP contribution in [0.15, 0.2) is 51.5 Å². The highest BCUT2D eigenvalue weighted by Crippen LogP contribution is 2.22. The zero-order valence-electron chi connectivity index (χ0n) is 14.2. The predicted octanol–water partition coefficient (Wildman–Crippen LogP) is 2.94. The number of rotatable bonds is 6. The summed E-state index contributed by atoms with van der Waals surface area (Å²) in [4.78, 5) is 16.5. The van der Waals surface area contributed by atoms with E-state index in [9.17, 15) is 9.90 Å². The molecule has 3 aromatic rings. The van der Waals surface area contributed by atoms with E-state index in [0.717, 1.165) is 11.1 Å². The van der Waals surface area contributed by atoms with E-state index in [1.54, 1.807) is 19.1 Å². The summed E-state index contributed by atoms with van der Waals surface area (Å²) in [6.45, 7) is 3.82. The van der Waals surface area contributed by atoms with Gasteiger partial charge < -0.3 is 19.3 Å². The molecule has 1 aromatic carbocycles. The van der Waals surface area contributed by atoms with Crippen LogP contribution in [0.4, 0.5) is 0 Å². The number of nitrogens with one attached hydrogen (secondary N) is 1. The van der Waals surface area contributed by atoms with Gasteiger partial charge in [-0.05, 0) is 37.1 Å². The van der Waals surface area contributed by atoms with Gasteiger partial charge in [-0.25, -0.2) is 4.98 Å². The molecule has 3 rings (SSSR count). The first-order valence-corrected chi connectivity index (χ1v) is 8.05. The third-order valence-corrected chi connectivity index (χ3v) is 3.99. The molecule has 0 fully saturated rings. The molecule has 6 nitrogen and oxygen atoms in total. The normalized spacial score (nSPS) is 12.1. The van der Waals surface area contributed by atoms with Crippen molar-refractivity contribution in [3.05, 3.63) is 65.2 Å². The monoisotopic (exact) mass is 340 g/mol. The Bertz CT molecular complexity index is 852. The maximum Gasteiger partial charge on any atom is 0.263 e. The highest BCUT2D eigenvalue weighted by Gasteiger charge is 2.17. The summed E-state index contributed by atoms with van der Waals surface area (Å²) in [5.41, 5.74) is 2.34. The van der Waals surface area contributed by atoms with E-state index in [-0.39, 0.29) is 18.9 Å². The molecule has 2 heterocycles. The lowest BCUT2D eigenvalue weighted by Gasteiger charge is -2.14. The van der Waals surface area contributed by atoms with Crippen molar-refractivity contribution in [1.82, 2.24) is 10.3 Å². The number of benzene rings is 1. The van der Waals surface area contributed by atoms with Gasteiger partial charge in [0.15, 0.2) is 5.76 Å². The van der Waals surface area contributed by atoms with Crippen LogP contribution in [0.5, 0.6) is 0 Å². The smallest absolute Gasteiger partial charge is 0.263 e. The molecule has 0 aliphatic carbocycles. The first-order valence-electron chi connectivity index (χ1n) is 8.05. The third-order valence-electron chi connectivity index (χ3n) is 3.99. The van der Waals surface area contributed by atoms with Gasteiger partial charge in [-0.3, -0.25) is 4.79 Å². The molecule has 0 radical (unpaired) electrons. The number of aliphatic hydroxyl groups is 1. The van der Waals surface area contributed by atoms with Crippen LogP contribution in [0, 0.1) is 13.8 Å². The standard InChI is InChI=1S/C19H20N2O4/c1-12-6-3-4-7-14(12)16(22)11-20-18(23)10-15-13(2)25-19(21-15)17-8-5-9-24-17/h3-9,16,22H,10-11H2,1-2H3,(H,20,23). The van der Waals surface area contributed by atoms with Crippen LogP contribution in [0.3, 0.4) is 0 Å². The van der Waals surface area contributed by atoms with Gasteiger partial charge in [-0.1, -0.05) is 24.3 Å². The van der Waals surface area contributed by atoms with E-state index in [1.165, 1.54) is 6.26 Å². The second kappa shape index (κ2) is 7.36. The molecule has 6 heteroatoms. The SMILES string of the molecule is Cc1ccccc1C(O)CNC(=O)Cc1nc(-c2ccco2)oc1C. The molecule has 0 spiro atoms. The van der Waals surface area contributed by atoms with Gasteiger partial charge in [0.25, 0.3) is 5.89 Å². The van der Waals surface area contributed by atoms with Crippen LogP contribution in [0.2, 0.25) is 0 Å². The molecule has 1 amide bonds. The highest BCUT2D eigenvalue weighted by atomic mass is 16.4. The van der Waals surface area contributed by atoms with Gasteiger partial charge in [-0.15, -0.1) is 0 Å². The molecule has 0 saturated carbocycles. The summed E-state index contributed by atoms with van der Waals surface area (Å²) < 4.78 is 10.8. The first kappa shape index (κ1) is 17.0. The van der Waals surface area contributed by atoms with Crippen LogP contribution >= 0.6 is 0 Å². The molecule has 1 unspecified atom stereocenters. The fraction of sp³-hybridized carbons (Fsp3) is 0.263. The fourth-order valence-corrected chi connectivity index (χ4v) is 2.59. The van der Waals surface area contributed by atoms with Crippen molar-refractivity contribution >= 4 is 5.91 Å². The largest absolute Gasteiger partial charge is 0.459 e. The summed E-state index contributed by atoms with van der Waals surface area (Å²) in [6, 6.07) is 11.0. The summed E-state index contributed by atoms with van der Waals surface area (Å²) in [7, 11) is 0. The zero-order valence-corrected chi connectivity index (χ0v) is 14.2. The Labute approximate surface area is 145 Å². The molecule has 0 aliphatic heterocycles. The number of hydrogen-bond acceptors (Lipinski definition) is 5. The molecule has 0 aliphatic rings. The lowest BCUT2D eigenvalue weighted by Crippen LogP contribution is -2.30. The summed E-state index contributed by atoms with van der Waals surface area (Å²) >= 11 is 0. The second-order valence-corrected chi connectivity index (χ2v) is 5.85. The second-order valence-electron chi connectivity index (χ2n) is 5.85. The maximum atomic E-state index is 12.2. The van der Waals surface area contributed by atoms with Gasteiger partial charge >= 0.3 is 0 Å². The molecule has 0 bridgehead atoms. The Balaban J connectivity index is 1.59. The zero-order chi connectivity index (χ0) is 17.8. The van der Waals surface area contributed by atoms with Gasteiger partial charge in [0.1, 0.15) is 5.76 Å². The van der Waals surface area contributed by atoms with Crippen LogP contribution in [-0.2, 0) is 11.2 Å². The van der Waals surface area contributed by atoms with Gasteiger partial charge in [-0.2, -0.15) is 0 Å². The summed E-state index contributed by atoms with van der Waals surface area (Å²) in [5, 5.41) is 13.0. The predicted molar refractivity (Wildman–Crippen MR) is 91.8 cm³/mol. The number of furan rings is 1. The Kier molecular flexibility index (Phi) is 5.00. The number of nitrogens with zero attached hydrogens (tertiary/aromatic N) is 1. The highest BCUT2D eigenvalue weighted by molar-refractivity contribution is 5.78. The molecule has 130 valence electrons. The molecule has 0 saturated heterocycles. The minimum Gasteiger partial charge on any atom is -0.459 e. The van der Waals surface area contributed by atoms with E-state index in [2.05, 4.69) is 10.3 Å². The summed E-state index contributed by atoms with van der Waals surface area (Å²) in [6.07, 6.45) is 0.868. The van der Waals surface area contributed by atoms with Crippen LogP contribution in [0.1, 0.15) is 28.7 Å². The van der Waals surface area contributed by atoms with Crippen molar-refractivity contribution in [2.24, 2.45) is 0 Å². The van der Waals surface area contributed by atoms with E-state index in [0.29, 0.717) is 23.1 Å². The lowest BCUT2D eigenvalue weighted by atomic mass is 10.0. The molecule has 2 aromatic heterocycles. The van der Waals surface area contributed by atoms with Crippen molar-refractivity contribution in [1.29, 1.82) is 0 Å². The van der Waals surface area contributed by atoms with E-state index in [4.69, 9.17) is 8.83 Å². The summed E-state index contributed by atoms with van der Waals surface area (Å²) in [5.74, 6) is 1.21. The van der Waals surface area contributed by atoms with E-state index < -0.39 is 6.10 Å². The Morgan fingerprint density at radius 1 is 1.24 bits per heavy atom. The van der Waals surface area contributed by atoms with Crippen molar-refractivity contribution in [2.45, 2.75) is 26.4 Å². The number of hydrogen-bond donors (Lipinski definition) is 2. The van der Waals surface area contributed by atoms with Gasteiger partial charge in [0.05, 0.1) is 24.5 Å². The topological polar surface area (TPSA) is 88.5 Å². The van der Waals surface area contributed by atoms with Gasteiger partial charge in [0, 0.05) is 6.54 Å². The minimum absolute atomic E-state index is 0.0799. The average molecular weight is 340 g/mol. The van der Waals surface area contributed by atoms with Crippen molar-refractivity contribution < 1.29 is 18.7 Å². The van der Waals surface area contributed by atoms with Crippen molar-refractivity contribution in [3.63, 3.8) is 0 Å². The van der Waals surface area contributed by atoms with Crippen molar-refractivity contribution in [2.75, 3.05) is 6.54 Å². The number of aliphatic hydroxyl groups excluding tert-OH is 1. The maximum absolute atomic E-state index is 12.2. The van der Waals surface area contributed by atoms with Crippen LogP contribution < -0.4 is 5.32 Å². The van der Waals surface area contributed by atoms with Crippen molar-refractivity contribution in [3.8, 4) is 11.7 Å². The average Bonchev–Trinajstić information content (AvgIpc) is 3.23. The lowest BCUT2D eigenvalue weighted by molar-refractivity contribution is -0.121. The minimum atomic E-state index is -0.748. The Hall–Kier alpha value is -2.86. The van der Waals surface area contributed by atoms with E-state index in [1.807, 2.05) is 31.2 Å². The number of amides is 1. The van der Waals surface area contributed by atoms with Crippen LogP contribution in [0.25, 0.3) is 11.7 Å². The Morgan fingerprint density at radius 3 is 2.76 bits per heavy atom. The number of carbonyl (C=O) groups excluding carboxylic acids is 1. The van der Waals surface area contributed by atoms with E-state index >= 15 is 0 Å². The number of aryl methyl sites for hydroxylation is 2. The molecular weight excluding hydrogens is 320 g/mol. The first-order chi connectivity index (χ1) is 12.0. The molecular formula is C19H20N2O4. The third kappa shape index (κ3) is 3.97. The number of carbonyl (C=O) groups is 1. The Morgan fingerprint density at radius 2 is 2.04 bits per heavy atom. The van der Waals surface area contributed by atoms with Crippen LogP contribution in [-0.4, -0.2) is 22.5 Å². The molecule has 25 heavy (non-hydrogen) atoms. The molecule has 2 N–H and O–H groups in total. The molecule has 1 atom stereocenters. The quantitative estimate of drug-likeness (QED) is 0.720. The number of oxazole rings is 1. The van der Waals surface area contributed by atoms with Gasteiger partial charge in [0.2, 0.25) is 5.91 Å².